The van der Waals surface area contributed by atoms with Gasteiger partial charge >= 0.3 is 0 Å². The van der Waals surface area contributed by atoms with Gasteiger partial charge in [-0.25, -0.2) is 0 Å². The van der Waals surface area contributed by atoms with Crippen LogP contribution in [-0.4, -0.2) is 6.29 Å². The minimum atomic E-state index is 0.482. The molecule has 0 atom stereocenters. The molecular weight excluding hydrogens is 180 g/mol. The standard InChI is InChI=1S/C7HBrO/c8-6-4-2-1-3-5-7-9/h7H. The van der Waals surface area contributed by atoms with E-state index in [9.17, 15) is 4.79 Å². The fourth-order valence-electron chi connectivity index (χ4n) is 0.152. The van der Waals surface area contributed by atoms with Gasteiger partial charge in [-0.15, -0.1) is 0 Å². The maximum atomic E-state index is 9.55. The summed E-state index contributed by atoms with van der Waals surface area (Å²) < 4.78 is 0. The van der Waals surface area contributed by atoms with Crippen LogP contribution in [0.1, 0.15) is 0 Å². The SMILES string of the molecule is O=CC#CC#CC#CBr. The van der Waals surface area contributed by atoms with Gasteiger partial charge in [0.2, 0.25) is 0 Å². The van der Waals surface area contributed by atoms with Crippen LogP contribution in [0.3, 0.4) is 0 Å². The maximum Gasteiger partial charge on any atom is 0.193 e. The quantitative estimate of drug-likeness (QED) is 0.394. The molecule has 0 aliphatic carbocycles. The molecule has 0 saturated carbocycles. The van der Waals surface area contributed by atoms with Crippen LogP contribution in [0.4, 0.5) is 0 Å². The zero-order valence-electron chi connectivity index (χ0n) is 4.36. The molecule has 0 spiro atoms. The first kappa shape index (κ1) is 7.83. The van der Waals surface area contributed by atoms with Gasteiger partial charge in [-0.3, -0.25) is 4.79 Å². The molecule has 2 heteroatoms. The minimum absolute atomic E-state index is 0.482. The molecule has 0 aromatic rings. The monoisotopic (exact) mass is 180 g/mol. The molecule has 1 nitrogen and oxygen atoms in total. The van der Waals surface area contributed by atoms with Crippen LogP contribution < -0.4 is 0 Å². The van der Waals surface area contributed by atoms with Crippen LogP contribution >= 0.6 is 15.9 Å². The van der Waals surface area contributed by atoms with E-state index in [4.69, 9.17) is 0 Å². The van der Waals surface area contributed by atoms with E-state index in [0.717, 1.165) is 0 Å². The lowest BCUT2D eigenvalue weighted by Gasteiger charge is -1.51. The normalized spacial score (nSPS) is 4.11. The van der Waals surface area contributed by atoms with Crippen LogP contribution in [0, 0.1) is 34.4 Å². The molecule has 0 amide bonds. The Morgan fingerprint density at radius 1 is 1.11 bits per heavy atom. The molecule has 0 aromatic heterocycles. The predicted molar refractivity (Wildman–Crippen MR) is 38.3 cm³/mol. The number of carbonyl (C=O) groups excluding carboxylic acids is 1. The summed E-state index contributed by atoms with van der Waals surface area (Å²) in [5, 5.41) is 0. The number of hydrogen-bond acceptors (Lipinski definition) is 1. The Morgan fingerprint density at radius 3 is 2.33 bits per heavy atom. The molecule has 0 saturated heterocycles. The molecule has 0 N–H and O–H groups in total. The molecule has 0 bridgehead atoms. The van der Waals surface area contributed by atoms with Crippen molar-refractivity contribution in [3.05, 3.63) is 0 Å². The van der Waals surface area contributed by atoms with E-state index in [-0.39, 0.29) is 0 Å². The first-order valence-corrected chi connectivity index (χ1v) is 2.76. The van der Waals surface area contributed by atoms with Crippen LogP contribution in [0.25, 0.3) is 0 Å². The highest BCUT2D eigenvalue weighted by molar-refractivity contribution is 9.12. The Kier molecular flexibility index (Phi) is 5.94. The molecule has 0 heterocycles. The lowest BCUT2D eigenvalue weighted by atomic mass is 10.5. The van der Waals surface area contributed by atoms with E-state index in [1.807, 2.05) is 0 Å². The van der Waals surface area contributed by atoms with Crippen molar-refractivity contribution in [1.82, 2.24) is 0 Å². The lowest BCUT2D eigenvalue weighted by Crippen LogP contribution is -1.56. The minimum Gasteiger partial charge on any atom is -0.289 e. The third-order valence-corrected chi connectivity index (χ3v) is 0.564. The van der Waals surface area contributed by atoms with E-state index in [2.05, 4.69) is 50.4 Å². The van der Waals surface area contributed by atoms with Crippen LogP contribution in [-0.2, 0) is 4.79 Å². The Balaban J connectivity index is 3.85. The third kappa shape index (κ3) is 6.83. The van der Waals surface area contributed by atoms with Gasteiger partial charge in [-0.1, -0.05) is 0 Å². The van der Waals surface area contributed by atoms with Crippen molar-refractivity contribution in [1.29, 1.82) is 0 Å². The van der Waals surface area contributed by atoms with Crippen LogP contribution in [0.15, 0.2) is 0 Å². The Bertz CT molecular complexity index is 258. The number of hydrogen-bond donors (Lipinski definition) is 0. The Labute approximate surface area is 62.0 Å². The fourth-order valence-corrected chi connectivity index (χ4v) is 0.251. The zero-order valence-corrected chi connectivity index (χ0v) is 5.95. The molecule has 0 unspecified atom stereocenters. The van der Waals surface area contributed by atoms with Crippen molar-refractivity contribution >= 4 is 22.2 Å². The molecule has 0 aromatic carbocycles. The van der Waals surface area contributed by atoms with Crippen LogP contribution in [0.5, 0.6) is 0 Å². The average molecular weight is 181 g/mol. The number of carbonyl (C=O) groups is 1. The summed E-state index contributed by atoms with van der Waals surface area (Å²) in [5.74, 6) is 11.5. The Hall–Kier alpha value is -1.17. The second-order valence-electron chi connectivity index (χ2n) is 0.857. The Morgan fingerprint density at radius 2 is 1.78 bits per heavy atom. The van der Waals surface area contributed by atoms with E-state index >= 15 is 0 Å². The van der Waals surface area contributed by atoms with Crippen molar-refractivity contribution in [3.8, 4) is 34.4 Å². The fraction of sp³-hybridized carbons (Fsp3) is 0. The van der Waals surface area contributed by atoms with Gasteiger partial charge in [-0.05, 0) is 34.4 Å². The first-order chi connectivity index (χ1) is 4.41. The van der Waals surface area contributed by atoms with Gasteiger partial charge in [0.05, 0.1) is 0 Å². The average Bonchev–Trinajstić information content (AvgIpc) is 1.89. The topological polar surface area (TPSA) is 17.1 Å². The molecule has 0 aliphatic rings. The number of aldehydes is 1. The summed E-state index contributed by atoms with van der Waals surface area (Å²) >= 11 is 2.84. The van der Waals surface area contributed by atoms with Gasteiger partial charge in [-0.2, -0.15) is 0 Å². The van der Waals surface area contributed by atoms with E-state index in [1.54, 1.807) is 0 Å². The summed E-state index contributed by atoms with van der Waals surface area (Å²) in [7, 11) is 0. The van der Waals surface area contributed by atoms with Crippen LogP contribution in [0.2, 0.25) is 0 Å². The molecule has 0 radical (unpaired) electrons. The van der Waals surface area contributed by atoms with E-state index in [1.165, 1.54) is 0 Å². The smallest absolute Gasteiger partial charge is 0.193 e. The summed E-state index contributed by atoms with van der Waals surface area (Å²) in [6, 6.07) is 0. The van der Waals surface area contributed by atoms with E-state index < -0.39 is 0 Å². The highest BCUT2D eigenvalue weighted by Crippen LogP contribution is 1.65. The molecule has 0 rings (SSSR count). The molecular formula is C7HBrO. The number of rotatable bonds is 0. The summed E-state index contributed by atoms with van der Waals surface area (Å²) in [5.41, 5.74) is 0. The highest BCUT2D eigenvalue weighted by Gasteiger charge is 1.53. The largest absolute Gasteiger partial charge is 0.289 e. The van der Waals surface area contributed by atoms with E-state index in [0.29, 0.717) is 6.29 Å². The summed E-state index contributed by atoms with van der Waals surface area (Å²) in [6.45, 7) is 0. The highest BCUT2D eigenvalue weighted by atomic mass is 79.9. The second-order valence-corrected chi connectivity index (χ2v) is 1.25. The van der Waals surface area contributed by atoms with Crippen molar-refractivity contribution < 1.29 is 4.79 Å². The van der Waals surface area contributed by atoms with Crippen molar-refractivity contribution in [2.24, 2.45) is 0 Å². The maximum absolute atomic E-state index is 9.55. The summed E-state index contributed by atoms with van der Waals surface area (Å²) in [4.78, 5) is 11.9. The van der Waals surface area contributed by atoms with Gasteiger partial charge in [0.25, 0.3) is 0 Å². The molecule has 0 fully saturated rings. The van der Waals surface area contributed by atoms with Gasteiger partial charge in [0.1, 0.15) is 0 Å². The lowest BCUT2D eigenvalue weighted by molar-refractivity contribution is -0.103. The second kappa shape index (κ2) is 6.83. The first-order valence-electron chi connectivity index (χ1n) is 1.96. The van der Waals surface area contributed by atoms with Gasteiger partial charge < -0.3 is 0 Å². The molecule has 42 valence electrons. The van der Waals surface area contributed by atoms with Crippen molar-refractivity contribution in [2.75, 3.05) is 0 Å². The third-order valence-electron chi connectivity index (χ3n) is 0.366. The van der Waals surface area contributed by atoms with Gasteiger partial charge in [0.15, 0.2) is 6.29 Å². The van der Waals surface area contributed by atoms with Crippen molar-refractivity contribution in [3.63, 3.8) is 0 Å². The molecule has 9 heavy (non-hydrogen) atoms. The van der Waals surface area contributed by atoms with Gasteiger partial charge in [0, 0.05) is 15.9 Å². The predicted octanol–water partition coefficient (Wildman–Crippen LogP) is 0.548. The number of halogens is 1. The van der Waals surface area contributed by atoms with Crippen molar-refractivity contribution in [2.45, 2.75) is 0 Å². The summed E-state index contributed by atoms with van der Waals surface area (Å²) in [6.07, 6.45) is 0.482. The zero-order chi connectivity index (χ0) is 6.95. The molecule has 0 aliphatic heterocycles.